The monoisotopic (exact) mass is 478 g/mol. The van der Waals surface area contributed by atoms with Gasteiger partial charge in [0.05, 0.1) is 10.6 Å². The van der Waals surface area contributed by atoms with E-state index in [1.54, 1.807) is 40.8 Å². The molecule has 4 aromatic rings. The molecule has 3 heterocycles. The third-order valence-electron chi connectivity index (χ3n) is 5.81. The van der Waals surface area contributed by atoms with E-state index in [0.29, 0.717) is 59.3 Å². The predicted octanol–water partition coefficient (Wildman–Crippen LogP) is 3.04. The lowest BCUT2D eigenvalue weighted by Crippen LogP contribution is -2.49. The van der Waals surface area contributed by atoms with Crippen LogP contribution in [-0.4, -0.2) is 66.9 Å². The molecule has 0 unspecified atom stereocenters. The molecule has 34 heavy (non-hydrogen) atoms. The van der Waals surface area contributed by atoms with Crippen molar-refractivity contribution in [2.75, 3.05) is 31.1 Å². The van der Waals surface area contributed by atoms with E-state index in [1.807, 2.05) is 17.0 Å². The van der Waals surface area contributed by atoms with Crippen LogP contribution in [0, 0.1) is 17.0 Å². The Morgan fingerprint density at radius 2 is 1.79 bits per heavy atom. The van der Waals surface area contributed by atoms with Gasteiger partial charge in [-0.25, -0.2) is 9.97 Å². The molecule has 0 radical (unpaired) electrons. The first-order valence-electron chi connectivity index (χ1n) is 10.5. The zero-order valence-corrected chi connectivity index (χ0v) is 18.9. The number of aryl methyl sites for hydroxylation is 1. The normalized spacial score (nSPS) is 13.9. The molecule has 0 N–H and O–H groups in total. The number of halogens is 1. The first kappa shape index (κ1) is 21.7. The van der Waals surface area contributed by atoms with E-state index in [1.165, 1.54) is 12.4 Å². The highest BCUT2D eigenvalue weighted by atomic mass is 35.5. The number of amides is 1. The van der Waals surface area contributed by atoms with Crippen LogP contribution in [0.3, 0.4) is 0 Å². The number of anilines is 1. The number of carbonyl (C=O) groups is 1. The highest BCUT2D eigenvalue weighted by Gasteiger charge is 2.26. The summed E-state index contributed by atoms with van der Waals surface area (Å²) in [6.45, 7) is 3.59. The number of nitro groups is 1. The number of hydrogen-bond donors (Lipinski definition) is 0. The quantitative estimate of drug-likeness (QED) is 0.324. The Balaban J connectivity index is 1.34. The zero-order chi connectivity index (χ0) is 23.8. The molecule has 12 heteroatoms. The minimum atomic E-state index is -0.471. The summed E-state index contributed by atoms with van der Waals surface area (Å²) >= 11 is 5.98. The van der Waals surface area contributed by atoms with Gasteiger partial charge in [-0.05, 0) is 37.3 Å². The summed E-state index contributed by atoms with van der Waals surface area (Å²) in [5, 5.41) is 20.4. The van der Waals surface area contributed by atoms with E-state index in [9.17, 15) is 14.9 Å². The molecular weight excluding hydrogens is 460 g/mol. The summed E-state index contributed by atoms with van der Waals surface area (Å²) < 4.78 is 1.63. The summed E-state index contributed by atoms with van der Waals surface area (Å²) in [7, 11) is 0. The van der Waals surface area contributed by atoms with Crippen molar-refractivity contribution in [2.24, 2.45) is 0 Å². The average molecular weight is 479 g/mol. The molecule has 11 nitrogen and oxygen atoms in total. The second-order valence-corrected chi connectivity index (χ2v) is 8.32. The standard InChI is InChI=1S/C22H19ClN8O3/c1-14-2-3-15(12-18(14)31(33)34)22(32)29-10-8-28(9-11-29)20-19-21(25-13-24-20)30(27-26-19)17-6-4-16(23)5-7-17/h2-7,12-13H,8-11H2,1H3. The van der Waals surface area contributed by atoms with E-state index in [2.05, 4.69) is 20.3 Å². The minimum Gasteiger partial charge on any atom is -0.351 e. The second-order valence-electron chi connectivity index (χ2n) is 7.88. The highest BCUT2D eigenvalue weighted by Crippen LogP contribution is 2.25. The van der Waals surface area contributed by atoms with Crippen molar-refractivity contribution in [2.45, 2.75) is 6.92 Å². The maximum absolute atomic E-state index is 12.9. The van der Waals surface area contributed by atoms with Gasteiger partial charge >= 0.3 is 0 Å². The van der Waals surface area contributed by atoms with Crippen LogP contribution in [-0.2, 0) is 0 Å². The summed E-state index contributed by atoms with van der Waals surface area (Å²) in [5.74, 6) is 0.410. The first-order chi connectivity index (χ1) is 16.4. The number of aromatic nitrogens is 5. The van der Waals surface area contributed by atoms with Crippen molar-refractivity contribution < 1.29 is 9.72 Å². The number of hydrogen-bond acceptors (Lipinski definition) is 8. The molecule has 1 saturated heterocycles. The van der Waals surface area contributed by atoms with Crippen molar-refractivity contribution in [1.29, 1.82) is 0 Å². The molecule has 1 aliphatic rings. The fourth-order valence-electron chi connectivity index (χ4n) is 3.97. The van der Waals surface area contributed by atoms with Crippen LogP contribution < -0.4 is 4.90 Å². The molecule has 0 spiro atoms. The number of carbonyl (C=O) groups excluding carboxylic acids is 1. The van der Waals surface area contributed by atoms with E-state index < -0.39 is 4.92 Å². The lowest BCUT2D eigenvalue weighted by atomic mass is 10.1. The number of rotatable bonds is 4. The molecule has 0 aliphatic carbocycles. The Bertz CT molecular complexity index is 1400. The van der Waals surface area contributed by atoms with E-state index in [4.69, 9.17) is 11.6 Å². The van der Waals surface area contributed by atoms with Crippen molar-refractivity contribution in [3.05, 3.63) is 75.1 Å². The van der Waals surface area contributed by atoms with Gasteiger partial charge < -0.3 is 9.80 Å². The van der Waals surface area contributed by atoms with Gasteiger partial charge in [-0.2, -0.15) is 4.68 Å². The minimum absolute atomic E-state index is 0.0587. The van der Waals surface area contributed by atoms with E-state index >= 15 is 0 Å². The zero-order valence-electron chi connectivity index (χ0n) is 18.1. The smallest absolute Gasteiger partial charge is 0.273 e. The number of fused-ring (bicyclic) bond motifs is 1. The van der Waals surface area contributed by atoms with Crippen LogP contribution in [0.2, 0.25) is 5.02 Å². The third kappa shape index (κ3) is 3.90. The first-order valence-corrected chi connectivity index (χ1v) is 10.9. The van der Waals surface area contributed by atoms with Gasteiger partial charge in [0, 0.05) is 48.4 Å². The summed E-state index contributed by atoms with van der Waals surface area (Å²) in [4.78, 5) is 36.2. The van der Waals surface area contributed by atoms with Crippen LogP contribution in [0.1, 0.15) is 15.9 Å². The van der Waals surface area contributed by atoms with Crippen LogP contribution >= 0.6 is 11.6 Å². The molecule has 0 bridgehead atoms. The molecule has 2 aromatic carbocycles. The van der Waals surface area contributed by atoms with Crippen LogP contribution in [0.25, 0.3) is 16.9 Å². The van der Waals surface area contributed by atoms with Gasteiger partial charge in [-0.1, -0.05) is 22.9 Å². The van der Waals surface area contributed by atoms with Gasteiger partial charge in [0.25, 0.3) is 11.6 Å². The SMILES string of the molecule is Cc1ccc(C(=O)N2CCN(c3ncnc4c3nnn4-c3ccc(Cl)cc3)CC2)cc1[N+](=O)[O-]. The Hall–Kier alpha value is -4.12. The predicted molar refractivity (Wildman–Crippen MR) is 125 cm³/mol. The lowest BCUT2D eigenvalue weighted by molar-refractivity contribution is -0.385. The number of nitrogens with zero attached hydrogens (tertiary/aromatic N) is 8. The third-order valence-corrected chi connectivity index (χ3v) is 6.06. The van der Waals surface area contributed by atoms with Gasteiger partial charge in [-0.15, -0.1) is 5.10 Å². The maximum Gasteiger partial charge on any atom is 0.273 e. The van der Waals surface area contributed by atoms with Crippen molar-refractivity contribution in [1.82, 2.24) is 29.9 Å². The molecule has 1 aliphatic heterocycles. The molecule has 1 amide bonds. The molecular formula is C22H19ClN8O3. The topological polar surface area (TPSA) is 123 Å². The van der Waals surface area contributed by atoms with E-state index in [0.717, 1.165) is 5.69 Å². The second kappa shape index (κ2) is 8.67. The largest absolute Gasteiger partial charge is 0.351 e. The van der Waals surface area contributed by atoms with Crippen LogP contribution in [0.4, 0.5) is 11.5 Å². The number of piperazine rings is 1. The average Bonchev–Trinajstić information content (AvgIpc) is 3.29. The fraction of sp³-hybridized carbons (Fsp3) is 0.227. The number of benzene rings is 2. The van der Waals surface area contributed by atoms with Gasteiger partial charge in [-0.3, -0.25) is 14.9 Å². The van der Waals surface area contributed by atoms with E-state index in [-0.39, 0.29) is 11.6 Å². The van der Waals surface area contributed by atoms with Gasteiger partial charge in [0.2, 0.25) is 0 Å². The lowest BCUT2D eigenvalue weighted by Gasteiger charge is -2.35. The van der Waals surface area contributed by atoms with Crippen LogP contribution in [0.5, 0.6) is 0 Å². The molecule has 0 saturated carbocycles. The Morgan fingerprint density at radius 1 is 1.06 bits per heavy atom. The Kier molecular flexibility index (Phi) is 5.54. The molecule has 2 aromatic heterocycles. The molecule has 5 rings (SSSR count). The Morgan fingerprint density at radius 3 is 2.50 bits per heavy atom. The van der Waals surface area contributed by atoms with Crippen molar-refractivity contribution >= 4 is 40.2 Å². The molecule has 172 valence electrons. The van der Waals surface area contributed by atoms with Crippen molar-refractivity contribution in [3.8, 4) is 5.69 Å². The van der Waals surface area contributed by atoms with Crippen molar-refractivity contribution in [3.63, 3.8) is 0 Å². The fourth-order valence-corrected chi connectivity index (χ4v) is 4.09. The molecule has 1 fully saturated rings. The summed E-state index contributed by atoms with van der Waals surface area (Å²) in [6, 6.07) is 11.8. The Labute approximate surface area is 198 Å². The maximum atomic E-state index is 12.9. The number of nitro benzene ring substituents is 1. The summed E-state index contributed by atoms with van der Waals surface area (Å²) in [5.41, 5.74) is 2.67. The van der Waals surface area contributed by atoms with Gasteiger partial charge in [0.1, 0.15) is 6.33 Å². The van der Waals surface area contributed by atoms with Crippen LogP contribution in [0.15, 0.2) is 48.8 Å². The summed E-state index contributed by atoms with van der Waals surface area (Å²) in [6.07, 6.45) is 1.47. The highest BCUT2D eigenvalue weighted by molar-refractivity contribution is 6.30. The van der Waals surface area contributed by atoms with Gasteiger partial charge in [0.15, 0.2) is 17.0 Å². The molecule has 0 atom stereocenters.